The number of alkyl halides is 3. The Morgan fingerprint density at radius 2 is 1.73 bits per heavy atom. The Kier molecular flexibility index (Phi) is 5.95. The third-order valence-corrected chi connectivity index (χ3v) is 5.17. The van der Waals surface area contributed by atoms with Crippen molar-refractivity contribution < 1.29 is 27.4 Å². The normalized spacial score (nSPS) is 12.4. The van der Waals surface area contributed by atoms with Crippen molar-refractivity contribution in [2.75, 3.05) is 14.2 Å². The average molecular weight is 455 g/mol. The van der Waals surface area contributed by atoms with Crippen LogP contribution < -0.4 is 14.8 Å². The summed E-state index contributed by atoms with van der Waals surface area (Å²) < 4.78 is 49.7. The molecule has 9 heteroatoms. The van der Waals surface area contributed by atoms with Gasteiger partial charge in [-0.3, -0.25) is 4.79 Å². The average Bonchev–Trinajstić information content (AvgIpc) is 3.26. The highest BCUT2D eigenvalue weighted by molar-refractivity contribution is 5.98. The molecule has 170 valence electrons. The number of carbonyl (C=O) groups is 1. The molecule has 4 rings (SSSR count). The number of imidazole rings is 1. The van der Waals surface area contributed by atoms with Gasteiger partial charge in [-0.25, -0.2) is 4.98 Å². The van der Waals surface area contributed by atoms with Crippen molar-refractivity contribution in [3.05, 3.63) is 89.2 Å². The van der Waals surface area contributed by atoms with Gasteiger partial charge in [0.05, 0.1) is 36.9 Å². The fourth-order valence-electron chi connectivity index (χ4n) is 3.55. The summed E-state index contributed by atoms with van der Waals surface area (Å²) in [5.74, 6) is -0.661. The lowest BCUT2D eigenvalue weighted by Gasteiger charge is -2.21. The maximum Gasteiger partial charge on any atom is 0.449 e. The van der Waals surface area contributed by atoms with Gasteiger partial charge in [0.15, 0.2) is 0 Å². The van der Waals surface area contributed by atoms with Crippen molar-refractivity contribution in [1.82, 2.24) is 15.3 Å². The molecule has 0 aliphatic heterocycles. The molecular weight excluding hydrogens is 435 g/mol. The van der Waals surface area contributed by atoms with Gasteiger partial charge in [0.25, 0.3) is 5.91 Å². The number of hydrogen-bond donors (Lipinski definition) is 2. The number of methoxy groups -OCH3 is 2. The van der Waals surface area contributed by atoms with Gasteiger partial charge < -0.3 is 19.8 Å². The highest BCUT2D eigenvalue weighted by atomic mass is 19.4. The largest absolute Gasteiger partial charge is 0.497 e. The lowest BCUT2D eigenvalue weighted by atomic mass is 9.97. The van der Waals surface area contributed by atoms with Crippen LogP contribution in [0.15, 0.2) is 66.7 Å². The number of halogens is 3. The summed E-state index contributed by atoms with van der Waals surface area (Å²) >= 11 is 0. The number of benzene rings is 3. The van der Waals surface area contributed by atoms with Crippen molar-refractivity contribution >= 4 is 16.9 Å². The minimum atomic E-state index is -4.59. The maximum atomic E-state index is 13.2. The first-order valence-electron chi connectivity index (χ1n) is 9.95. The standard InChI is InChI=1S/C24H20F3N3O3/c1-32-16-9-11-20(33-2)17(13-16)22(31)30-21(14-6-4-3-5-7-14)15-8-10-18-19(12-15)29-23(28-18)24(25,26)27/h3-13,21H,1-2H3,(H,28,29)(H,30,31)/t21-/m0/s1. The molecule has 0 saturated heterocycles. The van der Waals surface area contributed by atoms with Crippen LogP contribution in [0.5, 0.6) is 11.5 Å². The second-order valence-electron chi connectivity index (χ2n) is 7.24. The van der Waals surface area contributed by atoms with Gasteiger partial charge in [0.1, 0.15) is 11.5 Å². The van der Waals surface area contributed by atoms with Crippen LogP contribution in [0.4, 0.5) is 13.2 Å². The van der Waals surface area contributed by atoms with Crippen LogP contribution in [0.2, 0.25) is 0 Å². The third-order valence-electron chi connectivity index (χ3n) is 5.17. The van der Waals surface area contributed by atoms with Crippen LogP contribution in [0.25, 0.3) is 11.0 Å². The summed E-state index contributed by atoms with van der Waals surface area (Å²) in [7, 11) is 2.95. The number of nitrogens with zero attached hydrogens (tertiary/aromatic N) is 1. The van der Waals surface area contributed by atoms with Crippen molar-refractivity contribution in [1.29, 1.82) is 0 Å². The van der Waals surface area contributed by atoms with Gasteiger partial charge in [0, 0.05) is 0 Å². The van der Waals surface area contributed by atoms with Crippen LogP contribution in [0.1, 0.15) is 33.4 Å². The fourth-order valence-corrected chi connectivity index (χ4v) is 3.55. The zero-order valence-electron chi connectivity index (χ0n) is 17.7. The topological polar surface area (TPSA) is 76.2 Å². The summed E-state index contributed by atoms with van der Waals surface area (Å²) in [5, 5.41) is 2.96. The maximum absolute atomic E-state index is 13.2. The molecule has 1 atom stereocenters. The molecular formula is C24H20F3N3O3. The molecule has 1 aromatic heterocycles. The molecule has 33 heavy (non-hydrogen) atoms. The highest BCUT2D eigenvalue weighted by Crippen LogP contribution is 2.31. The van der Waals surface area contributed by atoms with E-state index >= 15 is 0 Å². The van der Waals surface area contributed by atoms with Crippen molar-refractivity contribution in [2.24, 2.45) is 0 Å². The van der Waals surface area contributed by atoms with E-state index in [0.29, 0.717) is 17.1 Å². The van der Waals surface area contributed by atoms with Crippen molar-refractivity contribution in [3.63, 3.8) is 0 Å². The highest BCUT2D eigenvalue weighted by Gasteiger charge is 2.34. The first-order valence-corrected chi connectivity index (χ1v) is 9.95. The molecule has 1 heterocycles. The zero-order chi connectivity index (χ0) is 23.6. The second kappa shape index (κ2) is 8.85. The predicted octanol–water partition coefficient (Wildman–Crippen LogP) is 5.12. The number of nitrogens with one attached hydrogen (secondary N) is 2. The molecule has 0 saturated carbocycles. The smallest absolute Gasteiger partial charge is 0.449 e. The van der Waals surface area contributed by atoms with E-state index in [-0.39, 0.29) is 16.6 Å². The molecule has 0 aliphatic rings. The van der Waals surface area contributed by atoms with E-state index < -0.39 is 23.9 Å². The van der Waals surface area contributed by atoms with E-state index in [1.165, 1.54) is 20.3 Å². The van der Waals surface area contributed by atoms with E-state index in [4.69, 9.17) is 9.47 Å². The lowest BCUT2D eigenvalue weighted by Crippen LogP contribution is -2.29. The van der Waals surface area contributed by atoms with Gasteiger partial charge in [-0.2, -0.15) is 13.2 Å². The van der Waals surface area contributed by atoms with Gasteiger partial charge in [-0.05, 0) is 41.5 Å². The van der Waals surface area contributed by atoms with E-state index in [2.05, 4.69) is 15.3 Å². The lowest BCUT2D eigenvalue weighted by molar-refractivity contribution is -0.144. The Labute approximate surface area is 187 Å². The summed E-state index contributed by atoms with van der Waals surface area (Å²) in [6, 6.07) is 18.0. The Morgan fingerprint density at radius 1 is 0.970 bits per heavy atom. The molecule has 2 N–H and O–H groups in total. The number of fused-ring (bicyclic) bond motifs is 1. The molecule has 4 aromatic rings. The molecule has 0 fully saturated rings. The van der Waals surface area contributed by atoms with Crippen LogP contribution in [-0.2, 0) is 6.18 Å². The Bertz CT molecular complexity index is 1290. The number of amides is 1. The van der Waals surface area contributed by atoms with Crippen LogP contribution in [-0.4, -0.2) is 30.1 Å². The minimum Gasteiger partial charge on any atom is -0.497 e. The van der Waals surface area contributed by atoms with E-state index in [1.807, 2.05) is 30.3 Å². The van der Waals surface area contributed by atoms with Gasteiger partial charge >= 0.3 is 6.18 Å². The van der Waals surface area contributed by atoms with Crippen molar-refractivity contribution in [2.45, 2.75) is 12.2 Å². The number of H-pyrrole nitrogens is 1. The van der Waals surface area contributed by atoms with Gasteiger partial charge in [0.2, 0.25) is 5.82 Å². The van der Waals surface area contributed by atoms with Crippen molar-refractivity contribution in [3.8, 4) is 11.5 Å². The van der Waals surface area contributed by atoms with E-state index in [9.17, 15) is 18.0 Å². The van der Waals surface area contributed by atoms with E-state index in [1.54, 1.807) is 30.3 Å². The fraction of sp³-hybridized carbons (Fsp3) is 0.167. The second-order valence-corrected chi connectivity index (χ2v) is 7.24. The molecule has 0 aliphatic carbocycles. The molecule has 1 amide bonds. The number of hydrogen-bond acceptors (Lipinski definition) is 4. The Balaban J connectivity index is 1.75. The molecule has 0 bridgehead atoms. The molecule has 0 spiro atoms. The van der Waals surface area contributed by atoms with Gasteiger partial charge in [-0.1, -0.05) is 36.4 Å². The number of rotatable bonds is 6. The minimum absolute atomic E-state index is 0.179. The van der Waals surface area contributed by atoms with Crippen LogP contribution in [0, 0.1) is 0 Å². The predicted molar refractivity (Wildman–Crippen MR) is 116 cm³/mol. The van der Waals surface area contributed by atoms with Crippen LogP contribution >= 0.6 is 0 Å². The molecule has 0 unspecified atom stereocenters. The number of carbonyl (C=O) groups excluding carboxylic acids is 1. The summed E-state index contributed by atoms with van der Waals surface area (Å²) in [6.07, 6.45) is -4.59. The number of ether oxygens (including phenoxy) is 2. The van der Waals surface area contributed by atoms with Crippen LogP contribution in [0.3, 0.4) is 0 Å². The quantitative estimate of drug-likeness (QED) is 0.423. The Morgan fingerprint density at radius 3 is 2.39 bits per heavy atom. The molecule has 6 nitrogen and oxygen atoms in total. The monoisotopic (exact) mass is 455 g/mol. The first kappa shape index (κ1) is 22.2. The third kappa shape index (κ3) is 4.62. The number of aromatic amines is 1. The van der Waals surface area contributed by atoms with Gasteiger partial charge in [-0.15, -0.1) is 0 Å². The summed E-state index contributed by atoms with van der Waals surface area (Å²) in [5.41, 5.74) is 2.00. The SMILES string of the molecule is COc1ccc(OC)c(C(=O)N[C@@H](c2ccccc2)c2ccc3nc(C(F)(F)F)[nH]c3c2)c1. The molecule has 0 radical (unpaired) electrons. The number of aromatic nitrogens is 2. The van der Waals surface area contributed by atoms with E-state index in [0.717, 1.165) is 5.56 Å². The summed E-state index contributed by atoms with van der Waals surface area (Å²) in [6.45, 7) is 0. The molecule has 3 aromatic carbocycles. The Hall–Kier alpha value is -4.01. The zero-order valence-corrected chi connectivity index (χ0v) is 17.7. The summed E-state index contributed by atoms with van der Waals surface area (Å²) in [4.78, 5) is 19.2. The first-order chi connectivity index (χ1) is 15.8.